The zero-order chi connectivity index (χ0) is 17.9. The standard InChI is InChI=1S/C17H21N3O3S/c1-5-15(22)20-12-6-7-14(21)13(8-12)17(23)19-10(3)16-9(2)18-11(4)24-16/h6-8,10,21H,5H2,1-4H3,(H,19,23)(H,20,22)/t10-/m1/s1. The molecule has 2 rings (SSSR count). The number of thiazole rings is 1. The van der Waals surface area contributed by atoms with Gasteiger partial charge in [-0.2, -0.15) is 0 Å². The maximum atomic E-state index is 12.5. The quantitative estimate of drug-likeness (QED) is 0.724. The van der Waals surface area contributed by atoms with E-state index in [-0.39, 0.29) is 23.3 Å². The summed E-state index contributed by atoms with van der Waals surface area (Å²) in [6.45, 7) is 7.43. The fourth-order valence-electron chi connectivity index (χ4n) is 2.33. The number of carbonyl (C=O) groups is 2. The first kappa shape index (κ1) is 17.9. The van der Waals surface area contributed by atoms with Crippen molar-refractivity contribution < 1.29 is 14.7 Å². The first-order valence-corrected chi connectivity index (χ1v) is 8.51. The van der Waals surface area contributed by atoms with Crippen molar-refractivity contribution in [3.63, 3.8) is 0 Å². The average Bonchev–Trinajstić information content (AvgIpc) is 2.87. The average molecular weight is 347 g/mol. The summed E-state index contributed by atoms with van der Waals surface area (Å²) in [6, 6.07) is 4.19. The van der Waals surface area contributed by atoms with Crippen LogP contribution in [-0.4, -0.2) is 21.9 Å². The van der Waals surface area contributed by atoms with Crippen molar-refractivity contribution in [2.75, 3.05) is 5.32 Å². The topological polar surface area (TPSA) is 91.3 Å². The van der Waals surface area contributed by atoms with E-state index in [2.05, 4.69) is 15.6 Å². The van der Waals surface area contributed by atoms with Crippen molar-refractivity contribution in [3.05, 3.63) is 39.3 Å². The molecule has 0 radical (unpaired) electrons. The fraction of sp³-hybridized carbons (Fsp3) is 0.353. The van der Waals surface area contributed by atoms with Crippen LogP contribution in [0.25, 0.3) is 0 Å². The number of nitrogens with one attached hydrogen (secondary N) is 2. The second-order valence-electron chi connectivity index (χ2n) is 5.51. The molecule has 0 spiro atoms. The zero-order valence-corrected chi connectivity index (χ0v) is 15.0. The molecule has 0 saturated carbocycles. The molecule has 0 saturated heterocycles. The van der Waals surface area contributed by atoms with Crippen molar-refractivity contribution in [2.24, 2.45) is 0 Å². The number of aromatic nitrogens is 1. The first-order chi connectivity index (χ1) is 11.3. The SMILES string of the molecule is CCC(=O)Nc1ccc(O)c(C(=O)N[C@H](C)c2sc(C)nc2C)c1. The number of nitrogens with zero attached hydrogens (tertiary/aromatic N) is 1. The molecule has 24 heavy (non-hydrogen) atoms. The third-order valence-corrected chi connectivity index (χ3v) is 4.78. The summed E-state index contributed by atoms with van der Waals surface area (Å²) in [7, 11) is 0. The molecule has 1 heterocycles. The van der Waals surface area contributed by atoms with Crippen molar-refractivity contribution in [1.82, 2.24) is 10.3 Å². The van der Waals surface area contributed by atoms with Crippen LogP contribution in [-0.2, 0) is 4.79 Å². The molecule has 0 aliphatic rings. The number of phenolic OH excluding ortho intramolecular Hbond substituents is 1. The Morgan fingerprint density at radius 1 is 1.33 bits per heavy atom. The minimum atomic E-state index is -0.405. The fourth-order valence-corrected chi connectivity index (χ4v) is 3.26. The molecule has 1 aromatic carbocycles. The smallest absolute Gasteiger partial charge is 0.255 e. The molecule has 7 heteroatoms. The summed E-state index contributed by atoms with van der Waals surface area (Å²) in [5.41, 5.74) is 1.48. The lowest BCUT2D eigenvalue weighted by atomic mass is 10.1. The van der Waals surface area contributed by atoms with Crippen LogP contribution in [0, 0.1) is 13.8 Å². The van der Waals surface area contributed by atoms with Crippen molar-refractivity contribution in [1.29, 1.82) is 0 Å². The predicted octanol–water partition coefficient (Wildman–Crippen LogP) is 3.31. The Morgan fingerprint density at radius 2 is 2.04 bits per heavy atom. The second kappa shape index (κ2) is 7.44. The molecule has 0 aliphatic heterocycles. The van der Waals surface area contributed by atoms with Gasteiger partial charge in [-0.05, 0) is 39.0 Å². The highest BCUT2D eigenvalue weighted by molar-refractivity contribution is 7.11. The molecule has 2 aromatic rings. The lowest BCUT2D eigenvalue weighted by Crippen LogP contribution is -2.26. The normalized spacial score (nSPS) is 11.8. The third kappa shape index (κ3) is 4.11. The number of hydrogen-bond donors (Lipinski definition) is 3. The van der Waals surface area contributed by atoms with E-state index < -0.39 is 5.91 Å². The van der Waals surface area contributed by atoms with E-state index >= 15 is 0 Å². The molecule has 0 aliphatic carbocycles. The highest BCUT2D eigenvalue weighted by atomic mass is 32.1. The molecule has 6 nitrogen and oxygen atoms in total. The molecular weight excluding hydrogens is 326 g/mol. The van der Waals surface area contributed by atoms with E-state index in [0.717, 1.165) is 15.6 Å². The van der Waals surface area contributed by atoms with Gasteiger partial charge in [0.25, 0.3) is 5.91 Å². The van der Waals surface area contributed by atoms with Gasteiger partial charge in [-0.15, -0.1) is 11.3 Å². The predicted molar refractivity (Wildman–Crippen MR) is 94.5 cm³/mol. The number of aryl methyl sites for hydroxylation is 2. The van der Waals surface area contributed by atoms with Gasteiger partial charge in [0.1, 0.15) is 5.75 Å². The molecule has 128 valence electrons. The maximum absolute atomic E-state index is 12.5. The Morgan fingerprint density at radius 3 is 2.62 bits per heavy atom. The van der Waals surface area contributed by atoms with Gasteiger partial charge in [-0.1, -0.05) is 6.92 Å². The van der Waals surface area contributed by atoms with Gasteiger partial charge in [-0.3, -0.25) is 9.59 Å². The number of carbonyl (C=O) groups excluding carboxylic acids is 2. The number of rotatable bonds is 5. The Bertz CT molecular complexity index is 770. The van der Waals surface area contributed by atoms with E-state index in [4.69, 9.17) is 0 Å². The van der Waals surface area contributed by atoms with Crippen molar-refractivity contribution >= 4 is 28.8 Å². The Kier molecular flexibility index (Phi) is 5.56. The summed E-state index contributed by atoms with van der Waals surface area (Å²) in [4.78, 5) is 29.3. The number of phenols is 1. The molecule has 1 atom stereocenters. The number of hydrogen-bond acceptors (Lipinski definition) is 5. The van der Waals surface area contributed by atoms with E-state index in [1.807, 2.05) is 20.8 Å². The van der Waals surface area contributed by atoms with Crippen LogP contribution in [0.3, 0.4) is 0 Å². The highest BCUT2D eigenvalue weighted by Crippen LogP contribution is 2.26. The summed E-state index contributed by atoms with van der Waals surface area (Å²) < 4.78 is 0. The molecular formula is C17H21N3O3S. The van der Waals surface area contributed by atoms with Crippen LogP contribution >= 0.6 is 11.3 Å². The van der Waals surface area contributed by atoms with Gasteiger partial charge in [0.2, 0.25) is 5.91 Å². The third-order valence-electron chi connectivity index (χ3n) is 3.53. The molecule has 0 bridgehead atoms. The van der Waals surface area contributed by atoms with Crippen LogP contribution in [0.4, 0.5) is 5.69 Å². The van der Waals surface area contributed by atoms with Crippen LogP contribution in [0.5, 0.6) is 5.75 Å². The Labute approximate surface area is 144 Å². The van der Waals surface area contributed by atoms with E-state index in [9.17, 15) is 14.7 Å². The number of aromatic hydroxyl groups is 1. The van der Waals surface area contributed by atoms with Gasteiger partial charge in [-0.25, -0.2) is 4.98 Å². The molecule has 0 unspecified atom stereocenters. The highest BCUT2D eigenvalue weighted by Gasteiger charge is 2.19. The zero-order valence-electron chi connectivity index (χ0n) is 14.1. The van der Waals surface area contributed by atoms with Crippen LogP contribution in [0.15, 0.2) is 18.2 Å². The number of amides is 2. The van der Waals surface area contributed by atoms with Gasteiger partial charge in [0, 0.05) is 17.0 Å². The minimum absolute atomic E-state index is 0.120. The van der Waals surface area contributed by atoms with Gasteiger partial charge >= 0.3 is 0 Å². The van der Waals surface area contributed by atoms with Crippen LogP contribution in [0.2, 0.25) is 0 Å². The summed E-state index contributed by atoms with van der Waals surface area (Å²) in [5, 5.41) is 16.4. The van der Waals surface area contributed by atoms with Crippen molar-refractivity contribution in [3.8, 4) is 5.75 Å². The minimum Gasteiger partial charge on any atom is -0.507 e. The number of anilines is 1. The van der Waals surface area contributed by atoms with Gasteiger partial charge < -0.3 is 15.7 Å². The summed E-state index contributed by atoms with van der Waals surface area (Å²) in [5.74, 6) is -0.694. The Hall–Kier alpha value is -2.41. The maximum Gasteiger partial charge on any atom is 0.255 e. The van der Waals surface area contributed by atoms with Crippen LogP contribution in [0.1, 0.15) is 52.2 Å². The first-order valence-electron chi connectivity index (χ1n) is 7.69. The monoisotopic (exact) mass is 347 g/mol. The van der Waals surface area contributed by atoms with Crippen LogP contribution < -0.4 is 10.6 Å². The molecule has 1 aromatic heterocycles. The van der Waals surface area contributed by atoms with E-state index in [0.29, 0.717) is 12.1 Å². The van der Waals surface area contributed by atoms with Crippen molar-refractivity contribution in [2.45, 2.75) is 40.2 Å². The summed E-state index contributed by atoms with van der Waals surface area (Å²) >= 11 is 1.53. The van der Waals surface area contributed by atoms with Gasteiger partial charge in [0.15, 0.2) is 0 Å². The molecule has 0 fully saturated rings. The van der Waals surface area contributed by atoms with Gasteiger partial charge in [0.05, 0.1) is 22.3 Å². The molecule has 3 N–H and O–H groups in total. The number of benzene rings is 1. The van der Waals surface area contributed by atoms with E-state index in [1.165, 1.54) is 23.5 Å². The second-order valence-corrected chi connectivity index (χ2v) is 6.75. The summed E-state index contributed by atoms with van der Waals surface area (Å²) in [6.07, 6.45) is 0.337. The molecule has 2 amide bonds. The largest absolute Gasteiger partial charge is 0.507 e. The lowest BCUT2D eigenvalue weighted by molar-refractivity contribution is -0.115. The van der Waals surface area contributed by atoms with E-state index in [1.54, 1.807) is 13.0 Å². The Balaban J connectivity index is 2.18. The lowest BCUT2D eigenvalue weighted by Gasteiger charge is -2.14.